The van der Waals surface area contributed by atoms with Crippen LogP contribution in [0.4, 0.5) is 4.39 Å². The van der Waals surface area contributed by atoms with Crippen LogP contribution in [0.3, 0.4) is 0 Å². The topological polar surface area (TPSA) is 68.5 Å². The zero-order chi connectivity index (χ0) is 17.1. The molecule has 1 aromatic heterocycles. The third kappa shape index (κ3) is 3.39. The van der Waals surface area contributed by atoms with E-state index in [4.69, 9.17) is 9.15 Å². The fraction of sp³-hybridized carbons (Fsp3) is 0.471. The van der Waals surface area contributed by atoms with Gasteiger partial charge in [0.15, 0.2) is 6.10 Å². The summed E-state index contributed by atoms with van der Waals surface area (Å²) in [7, 11) is 0. The highest BCUT2D eigenvalue weighted by Gasteiger charge is 2.32. The second-order valence-corrected chi connectivity index (χ2v) is 5.81. The van der Waals surface area contributed by atoms with E-state index in [0.717, 1.165) is 13.0 Å². The summed E-state index contributed by atoms with van der Waals surface area (Å²) >= 11 is 0. The highest BCUT2D eigenvalue weighted by atomic mass is 19.1. The fourth-order valence-corrected chi connectivity index (χ4v) is 2.84. The Balaban J connectivity index is 1.71. The first-order chi connectivity index (χ1) is 11.6. The molecule has 0 aliphatic carbocycles. The number of rotatable bonds is 6. The summed E-state index contributed by atoms with van der Waals surface area (Å²) in [5, 5.41) is 8.13. The minimum atomic E-state index is -0.469. The van der Waals surface area contributed by atoms with Crippen LogP contribution in [0.15, 0.2) is 28.7 Å². The molecule has 128 valence electrons. The van der Waals surface area contributed by atoms with Gasteiger partial charge in [0.25, 0.3) is 5.89 Å². The van der Waals surface area contributed by atoms with Gasteiger partial charge in [-0.25, -0.2) is 4.39 Å². The van der Waals surface area contributed by atoms with E-state index in [-0.39, 0.29) is 17.8 Å². The van der Waals surface area contributed by atoms with E-state index < -0.39 is 6.10 Å². The lowest BCUT2D eigenvalue weighted by molar-refractivity contribution is -0.130. The smallest absolute Gasteiger partial charge is 0.256 e. The molecule has 6 nitrogen and oxygen atoms in total. The molecule has 1 aliphatic rings. The van der Waals surface area contributed by atoms with Crippen LogP contribution in [0.25, 0.3) is 0 Å². The van der Waals surface area contributed by atoms with E-state index in [9.17, 15) is 9.18 Å². The van der Waals surface area contributed by atoms with E-state index in [1.807, 2.05) is 6.92 Å². The van der Waals surface area contributed by atoms with Crippen LogP contribution in [0.2, 0.25) is 0 Å². The average molecular weight is 333 g/mol. The number of hydrogen-bond acceptors (Lipinski definition) is 5. The van der Waals surface area contributed by atoms with Gasteiger partial charge in [0.05, 0.1) is 0 Å². The summed E-state index contributed by atoms with van der Waals surface area (Å²) < 4.78 is 24.4. The average Bonchev–Trinajstić information content (AvgIpc) is 3.21. The van der Waals surface area contributed by atoms with Crippen molar-refractivity contribution < 1.29 is 18.3 Å². The molecule has 2 aromatic rings. The van der Waals surface area contributed by atoms with Gasteiger partial charge < -0.3 is 14.1 Å². The normalized spacial score (nSPS) is 17.1. The molecule has 0 saturated carbocycles. The number of carbonyl (C=O) groups excluding carboxylic acids is 1. The first-order valence-electron chi connectivity index (χ1n) is 8.13. The van der Waals surface area contributed by atoms with Crippen molar-refractivity contribution in [2.75, 3.05) is 6.54 Å². The molecular formula is C17H20FN3O3. The van der Waals surface area contributed by atoms with Crippen molar-refractivity contribution in [1.82, 2.24) is 15.1 Å². The van der Waals surface area contributed by atoms with Gasteiger partial charge in [0, 0.05) is 13.0 Å². The Morgan fingerprint density at radius 3 is 2.62 bits per heavy atom. The summed E-state index contributed by atoms with van der Waals surface area (Å²) in [5.41, 5.74) is 0. The van der Waals surface area contributed by atoms with Gasteiger partial charge in [-0.2, -0.15) is 0 Å². The highest BCUT2D eigenvalue weighted by molar-refractivity contribution is 5.78. The highest BCUT2D eigenvalue weighted by Crippen LogP contribution is 2.29. The van der Waals surface area contributed by atoms with Gasteiger partial charge in [-0.3, -0.25) is 4.79 Å². The van der Waals surface area contributed by atoms with Crippen molar-refractivity contribution in [3.63, 3.8) is 0 Å². The molecule has 2 unspecified atom stereocenters. The van der Waals surface area contributed by atoms with Gasteiger partial charge in [0.1, 0.15) is 17.6 Å². The van der Waals surface area contributed by atoms with E-state index in [1.165, 1.54) is 12.1 Å². The minimum absolute atomic E-state index is 0.122. The molecule has 0 radical (unpaired) electrons. The van der Waals surface area contributed by atoms with Gasteiger partial charge in [0.2, 0.25) is 11.8 Å². The monoisotopic (exact) mass is 333 g/mol. The van der Waals surface area contributed by atoms with E-state index >= 15 is 0 Å². The lowest BCUT2D eigenvalue weighted by atomic mass is 10.2. The van der Waals surface area contributed by atoms with Crippen molar-refractivity contribution in [1.29, 1.82) is 0 Å². The molecule has 1 aliphatic heterocycles. The quantitative estimate of drug-likeness (QED) is 0.810. The molecule has 1 aromatic carbocycles. The van der Waals surface area contributed by atoms with E-state index in [0.29, 0.717) is 30.4 Å². The first-order valence-corrected chi connectivity index (χ1v) is 8.13. The number of nitrogens with zero attached hydrogens (tertiary/aromatic N) is 3. The standard InChI is InChI=1S/C17H20FN3O3/c1-3-14(21-10-4-5-15(21)22)17-20-19-16(24-17)11(2)23-13-8-6-12(18)7-9-13/h6-9,11,14H,3-5,10H2,1-2H3. The van der Waals surface area contributed by atoms with Crippen molar-refractivity contribution in [3.05, 3.63) is 41.9 Å². The van der Waals surface area contributed by atoms with Crippen LogP contribution in [0.1, 0.15) is 57.0 Å². The van der Waals surface area contributed by atoms with Crippen LogP contribution >= 0.6 is 0 Å². The molecule has 2 heterocycles. The molecule has 1 amide bonds. The number of aromatic nitrogens is 2. The summed E-state index contributed by atoms with van der Waals surface area (Å²) in [6.45, 7) is 4.48. The lowest BCUT2D eigenvalue weighted by Crippen LogP contribution is -2.29. The Bertz CT molecular complexity index is 701. The van der Waals surface area contributed by atoms with Crippen molar-refractivity contribution in [2.24, 2.45) is 0 Å². The van der Waals surface area contributed by atoms with Crippen LogP contribution in [0.5, 0.6) is 5.75 Å². The number of hydrogen-bond donors (Lipinski definition) is 0. The Kier molecular flexibility index (Phi) is 4.78. The molecule has 1 saturated heterocycles. The maximum atomic E-state index is 12.9. The third-order valence-corrected chi connectivity index (χ3v) is 4.09. The molecule has 24 heavy (non-hydrogen) atoms. The molecule has 0 bridgehead atoms. The minimum Gasteiger partial charge on any atom is -0.481 e. The second-order valence-electron chi connectivity index (χ2n) is 5.81. The van der Waals surface area contributed by atoms with Crippen molar-refractivity contribution in [2.45, 2.75) is 45.3 Å². The van der Waals surface area contributed by atoms with E-state index in [1.54, 1.807) is 24.0 Å². The van der Waals surface area contributed by atoms with Crippen LogP contribution in [-0.2, 0) is 4.79 Å². The molecule has 0 spiro atoms. The third-order valence-electron chi connectivity index (χ3n) is 4.09. The van der Waals surface area contributed by atoms with Crippen LogP contribution < -0.4 is 4.74 Å². The predicted octanol–water partition coefficient (Wildman–Crippen LogP) is 3.42. The summed E-state index contributed by atoms with van der Waals surface area (Å²) in [5.74, 6) is 1.08. The summed E-state index contributed by atoms with van der Waals surface area (Å²) in [6.07, 6.45) is 1.67. The zero-order valence-electron chi connectivity index (χ0n) is 13.7. The fourth-order valence-electron chi connectivity index (χ4n) is 2.84. The van der Waals surface area contributed by atoms with Gasteiger partial charge >= 0.3 is 0 Å². The Labute approximate surface area is 139 Å². The van der Waals surface area contributed by atoms with Crippen LogP contribution in [-0.4, -0.2) is 27.5 Å². The van der Waals surface area contributed by atoms with Gasteiger partial charge in [-0.1, -0.05) is 6.92 Å². The van der Waals surface area contributed by atoms with Gasteiger partial charge in [-0.15, -0.1) is 10.2 Å². The molecule has 0 N–H and O–H groups in total. The number of amides is 1. The molecule has 2 atom stereocenters. The predicted molar refractivity (Wildman–Crippen MR) is 83.7 cm³/mol. The first kappa shape index (κ1) is 16.4. The Hall–Kier alpha value is -2.44. The number of ether oxygens (including phenoxy) is 1. The Morgan fingerprint density at radius 1 is 1.29 bits per heavy atom. The molecule has 7 heteroatoms. The van der Waals surface area contributed by atoms with Crippen molar-refractivity contribution >= 4 is 5.91 Å². The Morgan fingerprint density at radius 2 is 2.00 bits per heavy atom. The van der Waals surface area contributed by atoms with Gasteiger partial charge in [-0.05, 0) is 44.0 Å². The maximum absolute atomic E-state index is 12.9. The number of benzene rings is 1. The number of likely N-dealkylation sites (tertiary alicyclic amines) is 1. The van der Waals surface area contributed by atoms with Crippen molar-refractivity contribution in [3.8, 4) is 5.75 Å². The SMILES string of the molecule is CCC(c1nnc(C(C)Oc2ccc(F)cc2)o1)N1CCCC1=O. The molecule has 1 fully saturated rings. The second kappa shape index (κ2) is 6.98. The largest absolute Gasteiger partial charge is 0.481 e. The maximum Gasteiger partial charge on any atom is 0.256 e. The zero-order valence-corrected chi connectivity index (χ0v) is 13.7. The van der Waals surface area contributed by atoms with E-state index in [2.05, 4.69) is 10.2 Å². The molecule has 3 rings (SSSR count). The summed E-state index contributed by atoms with van der Waals surface area (Å²) in [6, 6.07) is 5.54. The number of halogens is 1. The summed E-state index contributed by atoms with van der Waals surface area (Å²) in [4.78, 5) is 13.7. The molecular weight excluding hydrogens is 313 g/mol. The lowest BCUT2D eigenvalue weighted by Gasteiger charge is -2.23. The van der Waals surface area contributed by atoms with Crippen LogP contribution in [0, 0.1) is 5.82 Å². The number of carbonyl (C=O) groups is 1.